The number of halogens is 3. The van der Waals surface area contributed by atoms with Crippen molar-refractivity contribution in [3.8, 4) is 0 Å². The molecule has 1 aromatic rings. The molecule has 0 aliphatic rings. The minimum absolute atomic E-state index is 0.197. The van der Waals surface area contributed by atoms with Gasteiger partial charge in [-0.1, -0.05) is 13.8 Å². The first kappa shape index (κ1) is 12.7. The molecule has 80 valence electrons. The molecule has 0 atom stereocenters. The van der Waals surface area contributed by atoms with Gasteiger partial charge in [-0.25, -0.2) is 10.8 Å². The fourth-order valence-electron chi connectivity index (χ4n) is 0.647. The van der Waals surface area contributed by atoms with Crippen molar-refractivity contribution in [3.05, 3.63) is 23.9 Å². The van der Waals surface area contributed by atoms with Gasteiger partial charge in [0.25, 0.3) is 0 Å². The Hall–Kier alpha value is -1.30. The van der Waals surface area contributed by atoms with Crippen LogP contribution in [0.15, 0.2) is 18.3 Å². The minimum Gasteiger partial charge on any atom is -0.308 e. The van der Waals surface area contributed by atoms with Crippen LogP contribution in [0.1, 0.15) is 19.4 Å². The summed E-state index contributed by atoms with van der Waals surface area (Å²) in [7, 11) is 0. The minimum atomic E-state index is -4.35. The van der Waals surface area contributed by atoms with E-state index in [0.29, 0.717) is 0 Å². The Labute approximate surface area is 80.1 Å². The number of rotatable bonds is 1. The van der Waals surface area contributed by atoms with Gasteiger partial charge in [0.1, 0.15) is 5.82 Å². The lowest BCUT2D eigenvalue weighted by Gasteiger charge is -2.05. The van der Waals surface area contributed by atoms with Gasteiger partial charge in [0.2, 0.25) is 0 Å². The summed E-state index contributed by atoms with van der Waals surface area (Å²) in [5.41, 5.74) is 1.34. The van der Waals surface area contributed by atoms with Crippen molar-refractivity contribution >= 4 is 5.82 Å². The van der Waals surface area contributed by atoms with Crippen LogP contribution in [0.5, 0.6) is 0 Å². The van der Waals surface area contributed by atoms with Crippen molar-refractivity contribution < 1.29 is 13.2 Å². The predicted octanol–water partition coefficient (Wildman–Crippen LogP) is 2.41. The molecule has 1 heterocycles. The van der Waals surface area contributed by atoms with Gasteiger partial charge in [-0.2, -0.15) is 13.2 Å². The molecule has 0 aromatic carbocycles. The quantitative estimate of drug-likeness (QED) is 0.549. The highest BCUT2D eigenvalue weighted by atomic mass is 19.4. The molecule has 0 bridgehead atoms. The van der Waals surface area contributed by atoms with Gasteiger partial charge >= 0.3 is 6.18 Å². The molecule has 0 fully saturated rings. The van der Waals surface area contributed by atoms with E-state index in [9.17, 15) is 13.2 Å². The van der Waals surface area contributed by atoms with Gasteiger partial charge in [0.05, 0.1) is 5.56 Å². The Morgan fingerprint density at radius 1 is 1.29 bits per heavy atom. The second kappa shape index (κ2) is 5.43. The lowest BCUT2D eigenvalue weighted by atomic mass is 10.3. The molecule has 6 heteroatoms. The number of hydrogen-bond donors (Lipinski definition) is 2. The highest BCUT2D eigenvalue weighted by Crippen LogP contribution is 2.28. The number of nitrogens with two attached hydrogens (primary N) is 1. The maximum atomic E-state index is 11.9. The molecule has 0 spiro atoms. The third-order valence-electron chi connectivity index (χ3n) is 1.24. The highest BCUT2D eigenvalue weighted by molar-refractivity contribution is 5.34. The van der Waals surface area contributed by atoms with Crippen LogP contribution in [0.2, 0.25) is 0 Å². The predicted molar refractivity (Wildman–Crippen MR) is 48.4 cm³/mol. The average Bonchev–Trinajstić information content (AvgIpc) is 2.20. The number of hydrazine groups is 1. The third kappa shape index (κ3) is 3.61. The average molecular weight is 207 g/mol. The summed E-state index contributed by atoms with van der Waals surface area (Å²) in [6, 6.07) is 2.06. The maximum Gasteiger partial charge on any atom is 0.417 e. The number of hydrogen-bond acceptors (Lipinski definition) is 3. The molecular formula is C8H12F3N3. The van der Waals surface area contributed by atoms with Crippen LogP contribution in [0.4, 0.5) is 19.0 Å². The number of aromatic nitrogens is 1. The summed E-state index contributed by atoms with van der Waals surface area (Å²) in [5.74, 6) is 5.11. The Bertz CT molecular complexity index is 256. The summed E-state index contributed by atoms with van der Waals surface area (Å²) in [6.07, 6.45) is -3.63. The Balaban J connectivity index is 0.000000791. The Kier molecular flexibility index (Phi) is 4.93. The number of nitrogen functional groups attached to an aromatic ring is 1. The molecule has 1 rings (SSSR count). The van der Waals surface area contributed by atoms with Crippen LogP contribution in [-0.4, -0.2) is 4.98 Å². The van der Waals surface area contributed by atoms with Gasteiger partial charge in [-0.3, -0.25) is 0 Å². The van der Waals surface area contributed by atoms with E-state index in [-0.39, 0.29) is 5.82 Å². The van der Waals surface area contributed by atoms with Gasteiger partial charge in [-0.05, 0) is 12.1 Å². The van der Waals surface area contributed by atoms with Crippen molar-refractivity contribution in [2.75, 3.05) is 5.43 Å². The number of nitrogens with zero attached hydrogens (tertiary/aromatic N) is 1. The van der Waals surface area contributed by atoms with Crippen molar-refractivity contribution in [1.29, 1.82) is 0 Å². The first-order chi connectivity index (χ1) is 6.54. The monoisotopic (exact) mass is 207 g/mol. The van der Waals surface area contributed by atoms with Gasteiger partial charge in [0.15, 0.2) is 0 Å². The van der Waals surface area contributed by atoms with Crippen LogP contribution < -0.4 is 11.3 Å². The van der Waals surface area contributed by atoms with E-state index in [2.05, 4.69) is 10.4 Å². The van der Waals surface area contributed by atoms with E-state index < -0.39 is 11.7 Å². The molecule has 0 aliphatic heterocycles. The Morgan fingerprint density at radius 2 is 1.86 bits per heavy atom. The van der Waals surface area contributed by atoms with Gasteiger partial charge < -0.3 is 5.43 Å². The lowest BCUT2D eigenvalue weighted by molar-refractivity contribution is -0.137. The summed E-state index contributed by atoms with van der Waals surface area (Å²) in [4.78, 5) is 3.41. The zero-order valence-corrected chi connectivity index (χ0v) is 7.89. The Morgan fingerprint density at radius 3 is 2.14 bits per heavy atom. The number of pyridine rings is 1. The zero-order chi connectivity index (χ0) is 11.2. The molecular weight excluding hydrogens is 195 g/mol. The van der Waals surface area contributed by atoms with Crippen LogP contribution in [0, 0.1) is 0 Å². The molecule has 0 saturated carbocycles. The topological polar surface area (TPSA) is 50.9 Å². The summed E-state index contributed by atoms with van der Waals surface area (Å²) in [6.45, 7) is 4.00. The van der Waals surface area contributed by atoms with Crippen molar-refractivity contribution in [2.45, 2.75) is 20.0 Å². The summed E-state index contributed by atoms with van der Waals surface area (Å²) < 4.78 is 35.8. The second-order valence-electron chi connectivity index (χ2n) is 2.07. The standard InChI is InChI=1S/C6H6F3N3.C2H6/c7-6(8,9)4-1-2-5(12-10)11-3-4;1-2/h1-3H,10H2,(H,11,12);1-2H3. The van der Waals surface area contributed by atoms with Gasteiger partial charge in [-0.15, -0.1) is 0 Å². The molecule has 0 radical (unpaired) electrons. The molecule has 1 aromatic heterocycles. The number of nitrogens with one attached hydrogen (secondary N) is 1. The van der Waals surface area contributed by atoms with Crippen LogP contribution >= 0.6 is 0 Å². The van der Waals surface area contributed by atoms with Crippen molar-refractivity contribution in [3.63, 3.8) is 0 Å². The van der Waals surface area contributed by atoms with E-state index in [1.165, 1.54) is 0 Å². The molecule has 3 nitrogen and oxygen atoms in total. The molecule has 0 amide bonds. The van der Waals surface area contributed by atoms with E-state index in [4.69, 9.17) is 5.84 Å². The van der Waals surface area contributed by atoms with Crippen LogP contribution in [-0.2, 0) is 6.18 Å². The fourth-order valence-corrected chi connectivity index (χ4v) is 0.647. The molecule has 0 unspecified atom stereocenters. The van der Waals surface area contributed by atoms with Crippen LogP contribution in [0.25, 0.3) is 0 Å². The summed E-state index contributed by atoms with van der Waals surface area (Å²) >= 11 is 0. The smallest absolute Gasteiger partial charge is 0.308 e. The van der Waals surface area contributed by atoms with Crippen molar-refractivity contribution in [1.82, 2.24) is 4.98 Å². The van der Waals surface area contributed by atoms with E-state index in [1.54, 1.807) is 0 Å². The van der Waals surface area contributed by atoms with E-state index >= 15 is 0 Å². The number of anilines is 1. The largest absolute Gasteiger partial charge is 0.417 e. The van der Waals surface area contributed by atoms with Crippen molar-refractivity contribution in [2.24, 2.45) is 5.84 Å². The zero-order valence-electron chi connectivity index (χ0n) is 7.89. The SMILES string of the molecule is CC.NNc1ccc(C(F)(F)F)cn1. The van der Waals surface area contributed by atoms with E-state index in [0.717, 1.165) is 18.3 Å². The molecule has 0 saturated heterocycles. The highest BCUT2D eigenvalue weighted by Gasteiger charge is 2.30. The third-order valence-corrected chi connectivity index (χ3v) is 1.24. The first-order valence-corrected chi connectivity index (χ1v) is 4.04. The lowest BCUT2D eigenvalue weighted by Crippen LogP contribution is -2.10. The normalized spacial score (nSPS) is 10.1. The van der Waals surface area contributed by atoms with Crippen LogP contribution in [0.3, 0.4) is 0 Å². The number of alkyl halides is 3. The molecule has 14 heavy (non-hydrogen) atoms. The second-order valence-corrected chi connectivity index (χ2v) is 2.07. The maximum absolute atomic E-state index is 11.9. The van der Waals surface area contributed by atoms with E-state index in [1.807, 2.05) is 13.8 Å². The van der Waals surface area contributed by atoms with Gasteiger partial charge in [0, 0.05) is 6.20 Å². The first-order valence-electron chi connectivity index (χ1n) is 4.04. The molecule has 3 N–H and O–H groups in total. The summed E-state index contributed by atoms with van der Waals surface area (Å²) in [5, 5.41) is 0. The fraction of sp³-hybridized carbons (Fsp3) is 0.375. The molecule has 0 aliphatic carbocycles.